The molecular weight excluding hydrogens is 284 g/mol. The molecule has 0 bridgehead atoms. The number of nitrogens with zero attached hydrogens (tertiary/aromatic N) is 3. The summed E-state index contributed by atoms with van der Waals surface area (Å²) in [6.45, 7) is 1.74. The van der Waals surface area contributed by atoms with E-state index >= 15 is 0 Å². The molecule has 1 heterocycles. The van der Waals surface area contributed by atoms with Gasteiger partial charge in [0.2, 0.25) is 5.91 Å². The highest BCUT2D eigenvalue weighted by molar-refractivity contribution is 5.99. The fourth-order valence-corrected chi connectivity index (χ4v) is 1.84. The van der Waals surface area contributed by atoms with Crippen LogP contribution in [0.3, 0.4) is 0 Å². The first-order chi connectivity index (χ1) is 10.6. The van der Waals surface area contributed by atoms with E-state index in [9.17, 15) is 14.9 Å². The smallest absolute Gasteiger partial charge is 0.273 e. The van der Waals surface area contributed by atoms with Gasteiger partial charge in [0, 0.05) is 29.6 Å². The van der Waals surface area contributed by atoms with Crippen LogP contribution in [0.1, 0.15) is 18.1 Å². The van der Waals surface area contributed by atoms with Crippen molar-refractivity contribution in [1.29, 1.82) is 0 Å². The molecule has 112 valence electrons. The van der Waals surface area contributed by atoms with Crippen LogP contribution in [0.4, 0.5) is 5.69 Å². The third-order valence-electron chi connectivity index (χ3n) is 2.97. The van der Waals surface area contributed by atoms with Crippen molar-refractivity contribution in [2.24, 2.45) is 5.10 Å². The van der Waals surface area contributed by atoms with E-state index < -0.39 is 10.8 Å². The topological polar surface area (TPSA) is 97.5 Å². The molecule has 0 aliphatic rings. The van der Waals surface area contributed by atoms with Gasteiger partial charge in [0.1, 0.15) is 0 Å². The summed E-state index contributed by atoms with van der Waals surface area (Å²) in [7, 11) is 0. The second kappa shape index (κ2) is 7.07. The number of para-hydroxylation sites is 1. The van der Waals surface area contributed by atoms with Crippen molar-refractivity contribution in [3.63, 3.8) is 0 Å². The average Bonchev–Trinajstić information content (AvgIpc) is 2.53. The number of aromatic nitrogens is 1. The lowest BCUT2D eigenvalue weighted by Crippen LogP contribution is -2.21. The van der Waals surface area contributed by atoms with Gasteiger partial charge in [-0.1, -0.05) is 24.3 Å². The van der Waals surface area contributed by atoms with Crippen LogP contribution < -0.4 is 5.43 Å². The van der Waals surface area contributed by atoms with Crippen LogP contribution in [0.2, 0.25) is 0 Å². The van der Waals surface area contributed by atoms with Crippen LogP contribution in [0, 0.1) is 10.1 Å². The second-order valence-electron chi connectivity index (χ2n) is 4.54. The van der Waals surface area contributed by atoms with Crippen LogP contribution in [0.25, 0.3) is 0 Å². The number of carbonyl (C=O) groups is 1. The first kappa shape index (κ1) is 15.3. The lowest BCUT2D eigenvalue weighted by Gasteiger charge is -2.03. The molecule has 7 nitrogen and oxygen atoms in total. The number of rotatable bonds is 5. The number of amides is 1. The molecule has 0 aliphatic carbocycles. The number of nitrogens with one attached hydrogen (secondary N) is 1. The van der Waals surface area contributed by atoms with Gasteiger partial charge in [0.05, 0.1) is 17.1 Å². The van der Waals surface area contributed by atoms with Gasteiger partial charge in [-0.25, -0.2) is 5.43 Å². The van der Waals surface area contributed by atoms with Crippen molar-refractivity contribution in [3.05, 3.63) is 70.0 Å². The first-order valence-corrected chi connectivity index (χ1v) is 6.53. The largest absolute Gasteiger partial charge is 0.273 e. The van der Waals surface area contributed by atoms with E-state index in [2.05, 4.69) is 15.5 Å². The minimum absolute atomic E-state index is 0.0781. The predicted octanol–water partition coefficient (Wildman–Crippen LogP) is 2.07. The average molecular weight is 298 g/mol. The Morgan fingerprint density at radius 3 is 2.77 bits per heavy atom. The molecule has 0 fully saturated rings. The number of benzene rings is 1. The number of hydrazone groups is 1. The highest BCUT2D eigenvalue weighted by Crippen LogP contribution is 2.17. The van der Waals surface area contributed by atoms with Gasteiger partial charge in [-0.05, 0) is 13.0 Å². The van der Waals surface area contributed by atoms with Crippen molar-refractivity contribution in [2.45, 2.75) is 13.3 Å². The Morgan fingerprint density at radius 2 is 2.09 bits per heavy atom. The van der Waals surface area contributed by atoms with Gasteiger partial charge in [0.15, 0.2) is 0 Å². The molecule has 0 spiro atoms. The molecule has 0 saturated heterocycles. The third-order valence-corrected chi connectivity index (χ3v) is 2.97. The Balaban J connectivity index is 2.04. The van der Waals surface area contributed by atoms with Crippen molar-refractivity contribution in [2.75, 3.05) is 0 Å². The monoisotopic (exact) mass is 298 g/mol. The van der Waals surface area contributed by atoms with E-state index in [0.717, 1.165) is 5.56 Å². The molecule has 0 unspecified atom stereocenters. The highest BCUT2D eigenvalue weighted by Gasteiger charge is 2.15. The van der Waals surface area contributed by atoms with E-state index in [1.54, 1.807) is 43.6 Å². The van der Waals surface area contributed by atoms with Crippen molar-refractivity contribution in [1.82, 2.24) is 10.4 Å². The van der Waals surface area contributed by atoms with Crippen LogP contribution in [-0.2, 0) is 11.2 Å². The summed E-state index contributed by atoms with van der Waals surface area (Å²) in [5.41, 5.74) is 4.05. The maximum absolute atomic E-state index is 11.9. The Morgan fingerprint density at radius 1 is 1.32 bits per heavy atom. The lowest BCUT2D eigenvalue weighted by molar-refractivity contribution is -0.385. The van der Waals surface area contributed by atoms with Gasteiger partial charge in [-0.2, -0.15) is 5.10 Å². The van der Waals surface area contributed by atoms with Gasteiger partial charge in [0.25, 0.3) is 5.69 Å². The van der Waals surface area contributed by atoms with E-state index in [4.69, 9.17) is 0 Å². The number of nitro benzene ring substituents is 1. The van der Waals surface area contributed by atoms with Crippen molar-refractivity contribution >= 4 is 17.3 Å². The number of carbonyl (C=O) groups excluding carboxylic acids is 1. The minimum Gasteiger partial charge on any atom is -0.273 e. The third kappa shape index (κ3) is 3.95. The molecule has 1 aromatic heterocycles. The SMILES string of the molecule is C/C(=N/NC(=O)Cc1ccccc1[N+](=O)[O-])c1cccnc1. The quantitative estimate of drug-likeness (QED) is 0.519. The summed E-state index contributed by atoms with van der Waals surface area (Å²) in [4.78, 5) is 26.2. The molecule has 0 saturated carbocycles. The molecule has 0 atom stereocenters. The number of nitro groups is 1. The summed E-state index contributed by atoms with van der Waals surface area (Å²) in [5, 5.41) is 14.9. The summed E-state index contributed by atoms with van der Waals surface area (Å²) < 4.78 is 0. The maximum atomic E-state index is 11.9. The second-order valence-corrected chi connectivity index (χ2v) is 4.54. The van der Waals surface area contributed by atoms with E-state index in [1.165, 1.54) is 6.07 Å². The molecule has 2 rings (SSSR count). The Kier molecular flexibility index (Phi) is 4.92. The highest BCUT2D eigenvalue weighted by atomic mass is 16.6. The maximum Gasteiger partial charge on any atom is 0.273 e. The zero-order valence-electron chi connectivity index (χ0n) is 11.9. The molecule has 2 aromatic rings. The summed E-state index contributed by atoms with van der Waals surface area (Å²) >= 11 is 0. The van der Waals surface area contributed by atoms with E-state index in [0.29, 0.717) is 11.3 Å². The Bertz CT molecular complexity index is 714. The standard InChI is InChI=1S/C15H14N4O3/c1-11(13-6-4-8-16-10-13)17-18-15(20)9-12-5-2-3-7-14(12)19(21)22/h2-8,10H,9H2,1H3,(H,18,20)/b17-11-. The predicted molar refractivity (Wildman–Crippen MR) is 81.4 cm³/mol. The van der Waals surface area contributed by atoms with Crippen LogP contribution in [0.15, 0.2) is 53.9 Å². The molecule has 22 heavy (non-hydrogen) atoms. The number of hydrogen-bond acceptors (Lipinski definition) is 5. The fraction of sp³-hybridized carbons (Fsp3) is 0.133. The van der Waals surface area contributed by atoms with Gasteiger partial charge in [-0.3, -0.25) is 19.9 Å². The molecular formula is C15H14N4O3. The molecule has 1 amide bonds. The van der Waals surface area contributed by atoms with Crippen molar-refractivity contribution in [3.8, 4) is 0 Å². The Hall–Kier alpha value is -3.09. The lowest BCUT2D eigenvalue weighted by atomic mass is 10.1. The van der Waals surface area contributed by atoms with Crippen LogP contribution >= 0.6 is 0 Å². The van der Waals surface area contributed by atoms with Crippen LogP contribution in [-0.4, -0.2) is 21.5 Å². The summed E-state index contributed by atoms with van der Waals surface area (Å²) in [5.74, 6) is -0.419. The molecule has 1 aromatic carbocycles. The van der Waals surface area contributed by atoms with E-state index in [1.807, 2.05) is 6.07 Å². The molecule has 7 heteroatoms. The van der Waals surface area contributed by atoms with Gasteiger partial charge < -0.3 is 0 Å². The summed E-state index contributed by atoms with van der Waals surface area (Å²) in [6.07, 6.45) is 3.16. The summed E-state index contributed by atoms with van der Waals surface area (Å²) in [6, 6.07) is 9.72. The number of pyridine rings is 1. The number of hydrogen-bond donors (Lipinski definition) is 1. The Labute approximate surface area is 126 Å². The van der Waals surface area contributed by atoms with Crippen molar-refractivity contribution < 1.29 is 9.72 Å². The van der Waals surface area contributed by atoms with Crippen LogP contribution in [0.5, 0.6) is 0 Å². The van der Waals surface area contributed by atoms with Gasteiger partial charge >= 0.3 is 0 Å². The van der Waals surface area contributed by atoms with Gasteiger partial charge in [-0.15, -0.1) is 0 Å². The minimum atomic E-state index is -0.507. The molecule has 0 aliphatic heterocycles. The van der Waals surface area contributed by atoms with E-state index in [-0.39, 0.29) is 12.1 Å². The molecule has 1 N–H and O–H groups in total. The molecule has 0 radical (unpaired) electrons. The fourth-order valence-electron chi connectivity index (χ4n) is 1.84. The zero-order valence-corrected chi connectivity index (χ0v) is 11.9. The normalized spacial score (nSPS) is 11.0. The zero-order chi connectivity index (χ0) is 15.9. The first-order valence-electron chi connectivity index (χ1n) is 6.53.